The fourth-order valence-electron chi connectivity index (χ4n) is 3.66. The zero-order chi connectivity index (χ0) is 16.2. The Kier molecular flexibility index (Phi) is 5.44. The molecule has 1 saturated heterocycles. The normalized spacial score (nSPS) is 20.5. The van der Waals surface area contributed by atoms with E-state index in [1.807, 2.05) is 30.0 Å². The van der Waals surface area contributed by atoms with Gasteiger partial charge in [0.05, 0.1) is 0 Å². The molecule has 1 aliphatic carbocycles. The van der Waals surface area contributed by atoms with Crippen LogP contribution in [0.2, 0.25) is 5.02 Å². The summed E-state index contributed by atoms with van der Waals surface area (Å²) in [7, 11) is 0. The van der Waals surface area contributed by atoms with Crippen molar-refractivity contribution in [2.24, 2.45) is 0 Å². The minimum Gasteiger partial charge on any atom is -0.322 e. The first-order valence-corrected chi connectivity index (χ1v) is 9.07. The number of piperazine rings is 1. The third-order valence-electron chi connectivity index (χ3n) is 5.13. The molecule has 0 unspecified atom stereocenters. The lowest BCUT2D eigenvalue weighted by Crippen LogP contribution is -2.53. The Bertz CT molecular complexity index is 549. The summed E-state index contributed by atoms with van der Waals surface area (Å²) in [6.07, 6.45) is 6.76. The van der Waals surface area contributed by atoms with E-state index in [-0.39, 0.29) is 6.03 Å². The van der Waals surface area contributed by atoms with E-state index < -0.39 is 0 Å². The van der Waals surface area contributed by atoms with E-state index in [1.54, 1.807) is 0 Å². The lowest BCUT2D eigenvalue weighted by atomic mass is 9.94. The molecule has 2 fully saturated rings. The molecule has 1 saturated carbocycles. The van der Waals surface area contributed by atoms with Gasteiger partial charge in [-0.25, -0.2) is 4.79 Å². The van der Waals surface area contributed by atoms with Crippen LogP contribution >= 0.6 is 11.6 Å². The van der Waals surface area contributed by atoms with Gasteiger partial charge in [-0.05, 0) is 37.5 Å². The van der Waals surface area contributed by atoms with Gasteiger partial charge in [-0.2, -0.15) is 0 Å². The van der Waals surface area contributed by atoms with Gasteiger partial charge in [-0.3, -0.25) is 4.90 Å². The highest BCUT2D eigenvalue weighted by atomic mass is 35.5. The standard InChI is InChI=1S/C18H26ClN3O/c1-14-7-8-15(19)13-17(14)20-18(23)22-11-9-21(10-12-22)16-5-3-2-4-6-16/h7-8,13,16H,2-6,9-12H2,1H3,(H,20,23). The van der Waals surface area contributed by atoms with Crippen molar-refractivity contribution in [3.63, 3.8) is 0 Å². The molecule has 0 atom stereocenters. The molecule has 0 spiro atoms. The summed E-state index contributed by atoms with van der Waals surface area (Å²) >= 11 is 6.02. The van der Waals surface area contributed by atoms with Crippen molar-refractivity contribution in [2.45, 2.75) is 45.1 Å². The fraction of sp³-hybridized carbons (Fsp3) is 0.611. The lowest BCUT2D eigenvalue weighted by molar-refractivity contribution is 0.0943. The van der Waals surface area contributed by atoms with Gasteiger partial charge in [0.25, 0.3) is 0 Å². The number of halogens is 1. The fourth-order valence-corrected chi connectivity index (χ4v) is 3.83. The summed E-state index contributed by atoms with van der Waals surface area (Å²) in [5, 5.41) is 3.65. The van der Waals surface area contributed by atoms with Crippen molar-refractivity contribution in [1.29, 1.82) is 0 Å². The molecule has 2 aliphatic rings. The second kappa shape index (κ2) is 7.54. The first-order valence-electron chi connectivity index (χ1n) is 8.69. The molecule has 1 aliphatic heterocycles. The summed E-state index contributed by atoms with van der Waals surface area (Å²) in [5.41, 5.74) is 1.83. The van der Waals surface area contributed by atoms with Crippen LogP contribution in [0, 0.1) is 6.92 Å². The lowest BCUT2D eigenvalue weighted by Gasteiger charge is -2.40. The largest absolute Gasteiger partial charge is 0.322 e. The van der Waals surface area contributed by atoms with Gasteiger partial charge in [0.2, 0.25) is 0 Å². The van der Waals surface area contributed by atoms with E-state index in [0.717, 1.165) is 43.5 Å². The van der Waals surface area contributed by atoms with E-state index in [9.17, 15) is 4.79 Å². The number of aryl methyl sites for hydroxylation is 1. The summed E-state index contributed by atoms with van der Waals surface area (Å²) in [4.78, 5) is 17.0. The SMILES string of the molecule is Cc1ccc(Cl)cc1NC(=O)N1CCN(C2CCCCC2)CC1. The second-order valence-electron chi connectivity index (χ2n) is 6.70. The Morgan fingerprint density at radius 3 is 2.52 bits per heavy atom. The number of nitrogens with one attached hydrogen (secondary N) is 1. The Hall–Kier alpha value is -1.26. The minimum atomic E-state index is -0.0151. The molecule has 5 heteroatoms. The maximum absolute atomic E-state index is 12.5. The minimum absolute atomic E-state index is 0.0151. The van der Waals surface area contributed by atoms with Crippen LogP contribution in [0.1, 0.15) is 37.7 Å². The van der Waals surface area contributed by atoms with Crippen molar-refractivity contribution in [3.8, 4) is 0 Å². The molecule has 1 aromatic rings. The zero-order valence-electron chi connectivity index (χ0n) is 13.9. The number of urea groups is 1. The van der Waals surface area contributed by atoms with Crippen molar-refractivity contribution in [2.75, 3.05) is 31.5 Å². The first-order chi connectivity index (χ1) is 11.1. The topological polar surface area (TPSA) is 35.6 Å². The highest BCUT2D eigenvalue weighted by molar-refractivity contribution is 6.31. The average molecular weight is 336 g/mol. The molecule has 1 heterocycles. The summed E-state index contributed by atoms with van der Waals surface area (Å²) in [6, 6.07) is 6.31. The smallest absolute Gasteiger partial charge is 0.321 e. The molecule has 4 nitrogen and oxygen atoms in total. The maximum Gasteiger partial charge on any atom is 0.321 e. The van der Waals surface area contributed by atoms with E-state index in [0.29, 0.717) is 5.02 Å². The number of hydrogen-bond donors (Lipinski definition) is 1. The Labute approximate surface area is 143 Å². The number of benzene rings is 1. The van der Waals surface area contributed by atoms with E-state index in [2.05, 4.69) is 10.2 Å². The van der Waals surface area contributed by atoms with E-state index in [1.165, 1.54) is 32.1 Å². The summed E-state index contributed by atoms with van der Waals surface area (Å²) < 4.78 is 0. The van der Waals surface area contributed by atoms with Gasteiger partial charge < -0.3 is 10.2 Å². The molecule has 0 radical (unpaired) electrons. The molecular weight excluding hydrogens is 310 g/mol. The molecular formula is C18H26ClN3O. The molecule has 0 aromatic heterocycles. The Morgan fingerprint density at radius 1 is 1.13 bits per heavy atom. The van der Waals surface area contributed by atoms with E-state index in [4.69, 9.17) is 11.6 Å². The summed E-state index contributed by atoms with van der Waals surface area (Å²) in [6.45, 7) is 5.58. The molecule has 126 valence electrons. The third kappa shape index (κ3) is 4.18. The number of hydrogen-bond acceptors (Lipinski definition) is 2. The number of rotatable bonds is 2. The molecule has 1 N–H and O–H groups in total. The van der Waals surface area contributed by atoms with E-state index >= 15 is 0 Å². The summed E-state index contributed by atoms with van der Waals surface area (Å²) in [5.74, 6) is 0. The molecule has 1 aromatic carbocycles. The van der Waals surface area contributed by atoms with Crippen LogP contribution in [0.25, 0.3) is 0 Å². The van der Waals surface area contributed by atoms with Gasteiger partial charge in [0.15, 0.2) is 0 Å². The van der Waals surface area contributed by atoms with Gasteiger partial charge in [0.1, 0.15) is 0 Å². The number of nitrogens with zero attached hydrogens (tertiary/aromatic N) is 2. The molecule has 3 rings (SSSR count). The number of carbonyl (C=O) groups excluding carboxylic acids is 1. The molecule has 0 bridgehead atoms. The van der Waals surface area contributed by atoms with Crippen LogP contribution in [0.4, 0.5) is 10.5 Å². The highest BCUT2D eigenvalue weighted by Gasteiger charge is 2.27. The van der Waals surface area contributed by atoms with Gasteiger partial charge in [-0.1, -0.05) is 36.9 Å². The highest BCUT2D eigenvalue weighted by Crippen LogP contribution is 2.24. The number of carbonyl (C=O) groups is 1. The van der Waals surface area contributed by atoms with Gasteiger partial charge in [-0.15, -0.1) is 0 Å². The molecule has 2 amide bonds. The Morgan fingerprint density at radius 2 is 1.83 bits per heavy atom. The van der Waals surface area contributed by atoms with Crippen LogP contribution in [0.15, 0.2) is 18.2 Å². The van der Waals surface area contributed by atoms with Crippen molar-refractivity contribution in [1.82, 2.24) is 9.80 Å². The van der Waals surface area contributed by atoms with Crippen LogP contribution in [0.5, 0.6) is 0 Å². The average Bonchev–Trinajstić information content (AvgIpc) is 2.59. The van der Waals surface area contributed by atoms with Crippen LogP contribution in [-0.2, 0) is 0 Å². The van der Waals surface area contributed by atoms with Crippen molar-refractivity contribution >= 4 is 23.3 Å². The number of amides is 2. The number of anilines is 1. The third-order valence-corrected chi connectivity index (χ3v) is 5.37. The zero-order valence-corrected chi connectivity index (χ0v) is 14.6. The van der Waals surface area contributed by atoms with Crippen molar-refractivity contribution < 1.29 is 4.79 Å². The van der Waals surface area contributed by atoms with Crippen LogP contribution < -0.4 is 5.32 Å². The maximum atomic E-state index is 12.5. The van der Waals surface area contributed by atoms with Crippen LogP contribution in [0.3, 0.4) is 0 Å². The molecule has 23 heavy (non-hydrogen) atoms. The predicted molar refractivity (Wildman–Crippen MR) is 95.2 cm³/mol. The Balaban J connectivity index is 1.52. The van der Waals surface area contributed by atoms with Gasteiger partial charge in [0, 0.05) is 42.9 Å². The van der Waals surface area contributed by atoms with Gasteiger partial charge >= 0.3 is 6.03 Å². The monoisotopic (exact) mass is 335 g/mol. The first kappa shape index (κ1) is 16.6. The van der Waals surface area contributed by atoms with Crippen LogP contribution in [-0.4, -0.2) is 48.1 Å². The predicted octanol–water partition coefficient (Wildman–Crippen LogP) is 4.13. The quantitative estimate of drug-likeness (QED) is 0.882. The van der Waals surface area contributed by atoms with Crippen molar-refractivity contribution in [3.05, 3.63) is 28.8 Å². The second-order valence-corrected chi connectivity index (χ2v) is 7.14.